The molecule has 0 amide bonds. The zero-order valence-electron chi connectivity index (χ0n) is 20.1. The maximum Gasteiger partial charge on any atom is 0.490 e. The van der Waals surface area contributed by atoms with E-state index in [1.165, 1.54) is 6.07 Å². The number of phosphoric ester groups is 1. The number of carbonyl (C=O) groups is 1. The van der Waals surface area contributed by atoms with Crippen molar-refractivity contribution in [2.24, 2.45) is 0 Å². The second-order valence-electron chi connectivity index (χ2n) is 7.69. The number of carbonyl (C=O) groups excluding carboxylic acids is 1. The van der Waals surface area contributed by atoms with Gasteiger partial charge in [0.2, 0.25) is 0 Å². The van der Waals surface area contributed by atoms with E-state index in [4.69, 9.17) is 52.0 Å². The molecule has 0 aliphatic carbocycles. The summed E-state index contributed by atoms with van der Waals surface area (Å²) in [6, 6.07) is 1.20. The topological polar surface area (TPSA) is 368 Å². The van der Waals surface area contributed by atoms with Crippen LogP contribution in [0.4, 0.5) is 5.82 Å². The van der Waals surface area contributed by atoms with E-state index in [1.54, 1.807) is 5.92 Å². The summed E-state index contributed by atoms with van der Waals surface area (Å²) in [7, 11) is -16.7. The first-order valence-corrected chi connectivity index (χ1v) is 14.9. The van der Waals surface area contributed by atoms with Gasteiger partial charge in [-0.1, -0.05) is 5.92 Å². The van der Waals surface area contributed by atoms with Crippen LogP contribution in [0.5, 0.6) is 0 Å². The van der Waals surface area contributed by atoms with Crippen LogP contribution in [0.15, 0.2) is 17.1 Å². The molecule has 6 unspecified atom stereocenters. The van der Waals surface area contributed by atoms with Crippen LogP contribution in [0.1, 0.15) is 6.23 Å². The summed E-state index contributed by atoms with van der Waals surface area (Å²) in [5.41, 5.74) is 4.39. The third kappa shape index (κ3) is 11.7. The van der Waals surface area contributed by atoms with Crippen molar-refractivity contribution in [2.75, 3.05) is 12.3 Å². The number of ether oxygens (including phenoxy) is 1. The van der Waals surface area contributed by atoms with Crippen LogP contribution < -0.4 is 11.4 Å². The minimum atomic E-state index is -5.71. The van der Waals surface area contributed by atoms with Gasteiger partial charge in [0.1, 0.15) is 48.5 Å². The predicted molar refractivity (Wildman–Crippen MR) is 128 cm³/mol. The highest BCUT2D eigenvalue weighted by molar-refractivity contribution is 7.66. The maximum atomic E-state index is 11.8. The SMILES string of the molecule is C#CC(O)C(O)C(O)C(O)C=O.Nc1ccn([C@@H]2O[C@H](COP(=O)(O)OP(=O)(O)OP(=O)(O)O)[C@@H](O)[C@H]2O)c(=O)n1. The molecule has 0 saturated carbocycles. The van der Waals surface area contributed by atoms with Crippen LogP contribution in [0, 0.1) is 12.3 Å². The Hall–Kier alpha value is -1.96. The molecular formula is C16H26N3O19P3. The Labute approximate surface area is 228 Å². The first-order chi connectivity index (χ1) is 18.6. The van der Waals surface area contributed by atoms with E-state index in [9.17, 15) is 38.4 Å². The summed E-state index contributed by atoms with van der Waals surface area (Å²) in [5, 5.41) is 55.3. The van der Waals surface area contributed by atoms with Crippen molar-refractivity contribution in [3.05, 3.63) is 22.7 Å². The van der Waals surface area contributed by atoms with Crippen molar-refractivity contribution in [2.45, 2.75) is 49.0 Å². The summed E-state index contributed by atoms with van der Waals surface area (Å²) >= 11 is 0. The molecular weight excluding hydrogens is 631 g/mol. The minimum Gasteiger partial charge on any atom is -0.387 e. The maximum absolute atomic E-state index is 11.8. The van der Waals surface area contributed by atoms with Gasteiger partial charge < -0.3 is 65.5 Å². The molecule has 41 heavy (non-hydrogen) atoms. The highest BCUT2D eigenvalue weighted by Gasteiger charge is 2.46. The fourth-order valence-corrected chi connectivity index (χ4v) is 5.78. The number of nitrogens with zero attached hydrogens (tertiary/aromatic N) is 2. The molecule has 2 heterocycles. The fourth-order valence-electron chi connectivity index (χ4n) is 2.76. The smallest absolute Gasteiger partial charge is 0.387 e. The van der Waals surface area contributed by atoms with Crippen molar-refractivity contribution >= 4 is 35.6 Å². The van der Waals surface area contributed by atoms with E-state index < -0.39 is 84.7 Å². The Balaban J connectivity index is 0.000000590. The average molecular weight is 657 g/mol. The molecule has 22 nitrogen and oxygen atoms in total. The van der Waals surface area contributed by atoms with Gasteiger partial charge in [-0.25, -0.2) is 18.5 Å². The van der Waals surface area contributed by atoms with E-state index in [1.807, 2.05) is 0 Å². The second-order valence-corrected chi connectivity index (χ2v) is 12.1. The second kappa shape index (κ2) is 15.0. The predicted octanol–water partition coefficient (Wildman–Crippen LogP) is -4.95. The molecule has 0 spiro atoms. The highest BCUT2D eigenvalue weighted by Crippen LogP contribution is 2.66. The molecule has 0 aromatic carbocycles. The van der Waals surface area contributed by atoms with E-state index in [0.717, 1.165) is 10.8 Å². The van der Waals surface area contributed by atoms with Crippen LogP contribution in [0.3, 0.4) is 0 Å². The van der Waals surface area contributed by atoms with Crippen LogP contribution >= 0.6 is 23.5 Å². The Morgan fingerprint density at radius 3 is 2.15 bits per heavy atom. The van der Waals surface area contributed by atoms with Gasteiger partial charge in [-0.15, -0.1) is 6.42 Å². The molecule has 1 aliphatic heterocycles. The Bertz CT molecular complexity index is 1280. The number of anilines is 1. The van der Waals surface area contributed by atoms with Gasteiger partial charge in [0.25, 0.3) is 0 Å². The lowest BCUT2D eigenvalue weighted by atomic mass is 10.0. The van der Waals surface area contributed by atoms with Crippen molar-refractivity contribution < 1.29 is 86.6 Å². The monoisotopic (exact) mass is 657 g/mol. The quantitative estimate of drug-likeness (QED) is 0.0569. The largest absolute Gasteiger partial charge is 0.490 e. The van der Waals surface area contributed by atoms with Gasteiger partial charge in [-0.05, 0) is 6.07 Å². The summed E-state index contributed by atoms with van der Waals surface area (Å²) in [4.78, 5) is 60.4. The first kappa shape index (κ1) is 37.1. The number of hydrogen-bond acceptors (Lipinski definition) is 17. The highest BCUT2D eigenvalue weighted by atomic mass is 31.3. The number of phosphoric acid groups is 3. The molecule has 2 rings (SSSR count). The minimum absolute atomic E-state index is 0.0388. The van der Waals surface area contributed by atoms with E-state index in [0.29, 0.717) is 0 Å². The normalized spacial score (nSPS) is 26.7. The van der Waals surface area contributed by atoms with E-state index >= 15 is 0 Å². The van der Waals surface area contributed by atoms with Crippen molar-refractivity contribution in [1.29, 1.82) is 0 Å². The van der Waals surface area contributed by atoms with Gasteiger partial charge in [0.15, 0.2) is 12.5 Å². The van der Waals surface area contributed by atoms with Crippen LogP contribution in [0.25, 0.3) is 0 Å². The Kier molecular flexibility index (Phi) is 13.5. The average Bonchev–Trinajstić information content (AvgIpc) is 3.12. The van der Waals surface area contributed by atoms with Gasteiger partial charge in [0, 0.05) is 6.20 Å². The Morgan fingerprint density at radius 1 is 1.07 bits per heavy atom. The number of aliphatic hydroxyl groups is 6. The lowest BCUT2D eigenvalue weighted by Gasteiger charge is -2.20. The molecule has 0 radical (unpaired) electrons. The summed E-state index contributed by atoms with van der Waals surface area (Å²) in [6.07, 6.45) is -7.48. The first-order valence-electron chi connectivity index (χ1n) is 10.4. The molecule has 1 saturated heterocycles. The number of aliphatic hydroxyl groups excluding tert-OH is 6. The molecule has 25 heteroatoms. The third-order valence-corrected chi connectivity index (χ3v) is 8.42. The number of terminal acetylenes is 1. The number of aldehydes is 1. The lowest BCUT2D eigenvalue weighted by Crippen LogP contribution is -2.44. The standard InChI is InChI=1S/C9H16N3O14P3.C7H10O5/c10-5-1-2-12(9(15)11-5)8-7(14)6(13)4(24-8)3-23-28(19,20)26-29(21,22)25-27(16,17)18;1-2-4(9)6(11)7(12)5(10)3-8/h1-2,4,6-8,13-14H,3H2,(H,19,20)(H,21,22)(H2,10,11,15)(H2,16,17,18);1,3-7,9-12H/t4-,6-,7-,8-;/m1./s1. The summed E-state index contributed by atoms with van der Waals surface area (Å²) in [5.74, 6) is 1.62. The van der Waals surface area contributed by atoms with Gasteiger partial charge in [0.05, 0.1) is 6.61 Å². The zero-order valence-corrected chi connectivity index (χ0v) is 22.8. The number of aromatic nitrogens is 2. The Morgan fingerprint density at radius 2 is 1.66 bits per heavy atom. The van der Waals surface area contributed by atoms with Crippen molar-refractivity contribution in [3.63, 3.8) is 0 Å². The third-order valence-electron chi connectivity index (χ3n) is 4.61. The van der Waals surface area contributed by atoms with Crippen molar-refractivity contribution in [3.8, 4) is 12.3 Å². The number of hydrogen-bond donors (Lipinski definition) is 11. The molecule has 1 aromatic rings. The van der Waals surface area contributed by atoms with E-state index in [2.05, 4.69) is 18.1 Å². The van der Waals surface area contributed by atoms with Crippen molar-refractivity contribution in [1.82, 2.24) is 9.55 Å². The molecule has 1 aliphatic rings. The lowest BCUT2D eigenvalue weighted by molar-refractivity contribution is -0.130. The van der Waals surface area contributed by atoms with Crippen LogP contribution in [-0.4, -0.2) is 115 Å². The molecule has 10 atom stereocenters. The fraction of sp³-hybridized carbons (Fsp3) is 0.562. The molecule has 12 N–H and O–H groups in total. The number of rotatable bonds is 12. The number of nitrogen functional groups attached to an aromatic ring is 1. The molecule has 0 bridgehead atoms. The van der Waals surface area contributed by atoms with Gasteiger partial charge >= 0.3 is 29.2 Å². The van der Waals surface area contributed by atoms with Crippen LogP contribution in [0.2, 0.25) is 0 Å². The number of nitrogens with two attached hydrogens (primary N) is 1. The van der Waals surface area contributed by atoms with Gasteiger partial charge in [-0.3, -0.25) is 9.09 Å². The molecule has 1 fully saturated rings. The molecule has 234 valence electrons. The van der Waals surface area contributed by atoms with Gasteiger partial charge in [-0.2, -0.15) is 13.6 Å². The summed E-state index contributed by atoms with van der Waals surface area (Å²) < 4.78 is 50.8. The molecule has 1 aromatic heterocycles. The zero-order chi connectivity index (χ0) is 31.9. The summed E-state index contributed by atoms with van der Waals surface area (Å²) in [6.45, 7) is -1.02. The van der Waals surface area contributed by atoms with E-state index in [-0.39, 0.29) is 12.1 Å². The van der Waals surface area contributed by atoms with Crippen LogP contribution in [-0.2, 0) is 36.4 Å².